The van der Waals surface area contributed by atoms with Crippen molar-refractivity contribution >= 4 is 17.7 Å². The van der Waals surface area contributed by atoms with Crippen LogP contribution >= 0.6 is 0 Å². The monoisotopic (exact) mass is 332 g/mol. The van der Waals surface area contributed by atoms with Crippen molar-refractivity contribution in [1.82, 2.24) is 4.90 Å². The van der Waals surface area contributed by atoms with Gasteiger partial charge in [0.1, 0.15) is 5.84 Å². The summed E-state index contributed by atoms with van der Waals surface area (Å²) in [6, 6.07) is 7.01. The molecule has 1 fully saturated rings. The van der Waals surface area contributed by atoms with E-state index in [9.17, 15) is 9.59 Å². The summed E-state index contributed by atoms with van der Waals surface area (Å²) in [5.74, 6) is 0.107. The molecule has 0 atom stereocenters. The molecule has 130 valence electrons. The molecule has 1 amide bonds. The summed E-state index contributed by atoms with van der Waals surface area (Å²) >= 11 is 0. The number of methoxy groups -OCH3 is 1. The van der Waals surface area contributed by atoms with E-state index in [1.54, 1.807) is 12.1 Å². The molecule has 0 saturated carbocycles. The Morgan fingerprint density at radius 3 is 2.25 bits per heavy atom. The van der Waals surface area contributed by atoms with Gasteiger partial charge in [0, 0.05) is 27.3 Å². The highest BCUT2D eigenvalue weighted by Crippen LogP contribution is 2.36. The van der Waals surface area contributed by atoms with Gasteiger partial charge in [0.25, 0.3) is 5.91 Å². The molecule has 0 spiro atoms. The SMILES string of the molecule is COC(=O)c1ccc(C2(C(=O)N=C(C)N(C)C)CCOCC2)cc1. The van der Waals surface area contributed by atoms with Crippen LogP contribution in [0, 0.1) is 0 Å². The minimum absolute atomic E-state index is 0.164. The summed E-state index contributed by atoms with van der Waals surface area (Å²) in [4.78, 5) is 30.6. The average molecular weight is 332 g/mol. The van der Waals surface area contributed by atoms with Gasteiger partial charge in [-0.25, -0.2) is 4.79 Å². The Labute approximate surface area is 142 Å². The van der Waals surface area contributed by atoms with Gasteiger partial charge < -0.3 is 14.4 Å². The third-order valence-electron chi connectivity index (χ3n) is 4.52. The van der Waals surface area contributed by atoms with Crippen LogP contribution in [0.2, 0.25) is 0 Å². The van der Waals surface area contributed by atoms with Crippen LogP contribution in [0.5, 0.6) is 0 Å². The van der Waals surface area contributed by atoms with E-state index in [1.807, 2.05) is 38.1 Å². The first kappa shape index (κ1) is 18.1. The second-order valence-corrected chi connectivity index (χ2v) is 6.12. The zero-order chi connectivity index (χ0) is 17.7. The summed E-state index contributed by atoms with van der Waals surface area (Å²) in [6.07, 6.45) is 1.15. The standard InChI is InChI=1S/C18H24N2O4/c1-13(20(2)3)19-17(22)18(9-11-24-12-10-18)15-7-5-14(6-8-15)16(21)23-4/h5-8H,9-12H2,1-4H3. The normalized spacial score (nSPS) is 17.2. The number of nitrogens with zero attached hydrogens (tertiary/aromatic N) is 2. The van der Waals surface area contributed by atoms with Gasteiger partial charge in [0.15, 0.2) is 0 Å². The number of rotatable bonds is 3. The minimum Gasteiger partial charge on any atom is -0.465 e. The third-order valence-corrected chi connectivity index (χ3v) is 4.52. The van der Waals surface area contributed by atoms with Gasteiger partial charge in [0.2, 0.25) is 0 Å². The molecule has 0 aromatic heterocycles. The van der Waals surface area contributed by atoms with Crippen molar-refractivity contribution in [2.45, 2.75) is 25.2 Å². The fraction of sp³-hybridized carbons (Fsp3) is 0.500. The van der Waals surface area contributed by atoms with Crippen LogP contribution in [0.25, 0.3) is 0 Å². The van der Waals surface area contributed by atoms with E-state index < -0.39 is 11.4 Å². The van der Waals surface area contributed by atoms with Gasteiger partial charge in [-0.1, -0.05) is 12.1 Å². The largest absolute Gasteiger partial charge is 0.465 e. The molecule has 6 nitrogen and oxygen atoms in total. The lowest BCUT2D eigenvalue weighted by molar-refractivity contribution is -0.126. The molecular weight excluding hydrogens is 308 g/mol. The van der Waals surface area contributed by atoms with Crippen LogP contribution in [0.3, 0.4) is 0 Å². The summed E-state index contributed by atoms with van der Waals surface area (Å²) in [5.41, 5.74) is 0.618. The van der Waals surface area contributed by atoms with E-state index >= 15 is 0 Å². The minimum atomic E-state index is -0.704. The topological polar surface area (TPSA) is 68.2 Å². The lowest BCUT2D eigenvalue weighted by Gasteiger charge is -2.35. The first-order valence-electron chi connectivity index (χ1n) is 7.94. The fourth-order valence-electron chi connectivity index (χ4n) is 2.74. The second kappa shape index (κ2) is 7.57. The molecule has 24 heavy (non-hydrogen) atoms. The Bertz CT molecular complexity index is 629. The van der Waals surface area contributed by atoms with Crippen LogP contribution in [0.4, 0.5) is 0 Å². The molecule has 1 aromatic rings. The van der Waals surface area contributed by atoms with Gasteiger partial charge in [-0.2, -0.15) is 4.99 Å². The Hall–Kier alpha value is -2.21. The van der Waals surface area contributed by atoms with E-state index in [2.05, 4.69) is 4.99 Å². The number of amidine groups is 1. The summed E-state index contributed by atoms with van der Waals surface area (Å²) < 4.78 is 10.2. The maximum absolute atomic E-state index is 12.9. The highest BCUT2D eigenvalue weighted by atomic mass is 16.5. The van der Waals surface area contributed by atoms with Crippen LogP contribution in [-0.4, -0.2) is 57.0 Å². The quantitative estimate of drug-likeness (QED) is 0.481. The molecular formula is C18H24N2O4. The number of ether oxygens (including phenoxy) is 2. The van der Waals surface area contributed by atoms with E-state index in [4.69, 9.17) is 9.47 Å². The summed E-state index contributed by atoms with van der Waals surface area (Å²) in [6.45, 7) is 2.84. The molecule has 0 unspecified atom stereocenters. The first-order valence-corrected chi connectivity index (χ1v) is 7.94. The number of hydrogen-bond acceptors (Lipinski definition) is 4. The van der Waals surface area contributed by atoms with Crippen molar-refractivity contribution in [1.29, 1.82) is 0 Å². The van der Waals surface area contributed by atoms with Crippen LogP contribution in [0.15, 0.2) is 29.3 Å². The first-order chi connectivity index (χ1) is 11.4. The van der Waals surface area contributed by atoms with E-state index in [0.29, 0.717) is 37.5 Å². The summed E-state index contributed by atoms with van der Waals surface area (Å²) in [7, 11) is 5.06. The molecule has 6 heteroatoms. The van der Waals surface area contributed by atoms with Crippen molar-refractivity contribution in [3.63, 3.8) is 0 Å². The molecule has 1 aromatic carbocycles. The molecule has 0 aliphatic carbocycles. The highest BCUT2D eigenvalue weighted by molar-refractivity contribution is 5.98. The van der Waals surface area contributed by atoms with Crippen molar-refractivity contribution in [3.05, 3.63) is 35.4 Å². The number of amides is 1. The van der Waals surface area contributed by atoms with Crippen LogP contribution < -0.4 is 0 Å². The maximum Gasteiger partial charge on any atom is 0.337 e. The molecule has 0 N–H and O–H groups in total. The van der Waals surface area contributed by atoms with Crippen molar-refractivity contribution in [2.24, 2.45) is 4.99 Å². The van der Waals surface area contributed by atoms with Gasteiger partial charge in [-0.3, -0.25) is 4.79 Å². The molecule has 2 rings (SSSR count). The van der Waals surface area contributed by atoms with Gasteiger partial charge >= 0.3 is 5.97 Å². The predicted octanol–water partition coefficient (Wildman–Crippen LogP) is 2.03. The van der Waals surface area contributed by atoms with E-state index in [1.165, 1.54) is 7.11 Å². The third kappa shape index (κ3) is 3.64. The Kier molecular flexibility index (Phi) is 5.72. The predicted molar refractivity (Wildman–Crippen MR) is 91.3 cm³/mol. The Morgan fingerprint density at radius 2 is 1.75 bits per heavy atom. The molecule has 1 aliphatic heterocycles. The van der Waals surface area contributed by atoms with Crippen LogP contribution in [-0.2, 0) is 19.7 Å². The van der Waals surface area contributed by atoms with Crippen LogP contribution in [0.1, 0.15) is 35.7 Å². The number of hydrogen-bond donors (Lipinski definition) is 0. The Balaban J connectivity index is 2.39. The number of carbonyl (C=O) groups excluding carboxylic acids is 2. The van der Waals surface area contributed by atoms with Gasteiger partial charge in [0.05, 0.1) is 18.1 Å². The number of benzene rings is 1. The number of aliphatic imine (C=N–C) groups is 1. The Morgan fingerprint density at radius 1 is 1.17 bits per heavy atom. The summed E-state index contributed by atoms with van der Waals surface area (Å²) in [5, 5.41) is 0. The lowest BCUT2D eigenvalue weighted by atomic mass is 9.73. The zero-order valence-electron chi connectivity index (χ0n) is 14.7. The maximum atomic E-state index is 12.9. The van der Waals surface area contributed by atoms with Gasteiger partial charge in [-0.05, 0) is 37.5 Å². The zero-order valence-corrected chi connectivity index (χ0v) is 14.7. The number of esters is 1. The van der Waals surface area contributed by atoms with E-state index in [0.717, 1.165) is 5.56 Å². The average Bonchev–Trinajstić information content (AvgIpc) is 2.61. The molecule has 0 bridgehead atoms. The smallest absolute Gasteiger partial charge is 0.337 e. The van der Waals surface area contributed by atoms with Crippen molar-refractivity contribution in [2.75, 3.05) is 34.4 Å². The molecule has 1 heterocycles. The second-order valence-electron chi connectivity index (χ2n) is 6.12. The lowest BCUT2D eigenvalue weighted by Crippen LogP contribution is -2.41. The van der Waals surface area contributed by atoms with Crippen molar-refractivity contribution < 1.29 is 19.1 Å². The highest BCUT2D eigenvalue weighted by Gasteiger charge is 2.41. The number of carbonyl (C=O) groups is 2. The van der Waals surface area contributed by atoms with Gasteiger partial charge in [-0.15, -0.1) is 0 Å². The molecule has 1 aliphatic rings. The fourth-order valence-corrected chi connectivity index (χ4v) is 2.74. The molecule has 0 radical (unpaired) electrons. The van der Waals surface area contributed by atoms with Crippen molar-refractivity contribution in [3.8, 4) is 0 Å². The van der Waals surface area contributed by atoms with E-state index in [-0.39, 0.29) is 5.91 Å². The molecule has 1 saturated heterocycles.